The Labute approximate surface area is 153 Å². The maximum atomic E-state index is 13.8. The minimum Gasteiger partial charge on any atom is -0.348 e. The van der Waals surface area contributed by atoms with Crippen molar-refractivity contribution in [2.75, 3.05) is 12.8 Å². The highest BCUT2D eigenvalue weighted by molar-refractivity contribution is 7.88. The lowest BCUT2D eigenvalue weighted by Gasteiger charge is -2.22. The molecule has 0 aliphatic rings. The second kappa shape index (κ2) is 8.91. The summed E-state index contributed by atoms with van der Waals surface area (Å²) in [4.78, 5) is 12.4. The number of hydrogen-bond donors (Lipinski definition) is 1. The van der Waals surface area contributed by atoms with Gasteiger partial charge in [0.15, 0.2) is 0 Å². The van der Waals surface area contributed by atoms with Crippen molar-refractivity contribution in [3.05, 3.63) is 71.5 Å². The van der Waals surface area contributed by atoms with Crippen LogP contribution in [0.1, 0.15) is 30.5 Å². The molecule has 0 fully saturated rings. The Kier molecular flexibility index (Phi) is 6.88. The summed E-state index contributed by atoms with van der Waals surface area (Å²) in [5, 5.41) is 2.85. The van der Waals surface area contributed by atoms with Gasteiger partial charge in [0.05, 0.1) is 18.8 Å². The smallest absolute Gasteiger partial charge is 0.235 e. The average molecular weight is 378 g/mol. The zero-order valence-electron chi connectivity index (χ0n) is 14.9. The van der Waals surface area contributed by atoms with Crippen molar-refractivity contribution in [3.63, 3.8) is 0 Å². The largest absolute Gasteiger partial charge is 0.348 e. The highest BCUT2D eigenvalue weighted by atomic mass is 32.2. The van der Waals surface area contributed by atoms with Crippen LogP contribution in [0.5, 0.6) is 0 Å². The Bertz CT molecular complexity index is 841. The number of nitrogens with zero attached hydrogens (tertiary/aromatic N) is 1. The summed E-state index contributed by atoms with van der Waals surface area (Å²) < 4.78 is 38.9. The van der Waals surface area contributed by atoms with Crippen molar-refractivity contribution in [2.45, 2.75) is 25.9 Å². The van der Waals surface area contributed by atoms with Crippen LogP contribution in [0.25, 0.3) is 0 Å². The number of hydrogen-bond acceptors (Lipinski definition) is 3. The van der Waals surface area contributed by atoms with E-state index in [1.54, 1.807) is 6.07 Å². The minimum absolute atomic E-state index is 0.193. The lowest BCUT2D eigenvalue weighted by molar-refractivity contribution is -0.122. The Hall–Kier alpha value is -2.25. The molecule has 1 N–H and O–H groups in total. The molecule has 0 aromatic heterocycles. The highest BCUT2D eigenvalue weighted by Crippen LogP contribution is 2.16. The maximum Gasteiger partial charge on any atom is 0.235 e. The number of halogens is 1. The molecule has 0 aliphatic carbocycles. The van der Waals surface area contributed by atoms with E-state index in [0.29, 0.717) is 6.42 Å². The Balaban J connectivity index is 2.10. The third kappa shape index (κ3) is 5.64. The first-order chi connectivity index (χ1) is 12.3. The van der Waals surface area contributed by atoms with Gasteiger partial charge in [0.1, 0.15) is 5.82 Å². The lowest BCUT2D eigenvalue weighted by Crippen LogP contribution is -2.41. The zero-order valence-corrected chi connectivity index (χ0v) is 15.7. The van der Waals surface area contributed by atoms with Gasteiger partial charge < -0.3 is 5.32 Å². The second-order valence-electron chi connectivity index (χ2n) is 6.06. The molecule has 1 amide bonds. The number of sulfonamides is 1. The van der Waals surface area contributed by atoms with Gasteiger partial charge in [-0.15, -0.1) is 0 Å². The molecular weight excluding hydrogens is 355 g/mol. The monoisotopic (exact) mass is 378 g/mol. The van der Waals surface area contributed by atoms with Crippen LogP contribution in [-0.2, 0) is 21.4 Å². The van der Waals surface area contributed by atoms with Gasteiger partial charge in [-0.05, 0) is 18.1 Å². The number of benzene rings is 2. The number of carbonyl (C=O) groups excluding carboxylic acids is 1. The summed E-state index contributed by atoms with van der Waals surface area (Å²) in [5.41, 5.74) is 1.17. The van der Waals surface area contributed by atoms with Gasteiger partial charge in [0.25, 0.3) is 0 Å². The molecule has 0 heterocycles. The van der Waals surface area contributed by atoms with Crippen LogP contribution in [-0.4, -0.2) is 31.4 Å². The summed E-state index contributed by atoms with van der Waals surface area (Å²) in [5.74, 6) is -0.931. The van der Waals surface area contributed by atoms with Gasteiger partial charge in [0.2, 0.25) is 15.9 Å². The van der Waals surface area contributed by atoms with Crippen molar-refractivity contribution < 1.29 is 17.6 Å². The summed E-state index contributed by atoms with van der Waals surface area (Å²) in [7, 11) is -3.68. The Morgan fingerprint density at radius 3 is 2.31 bits per heavy atom. The van der Waals surface area contributed by atoms with Gasteiger partial charge in [0, 0.05) is 12.1 Å². The van der Waals surface area contributed by atoms with E-state index in [4.69, 9.17) is 0 Å². The van der Waals surface area contributed by atoms with Crippen LogP contribution in [0, 0.1) is 5.82 Å². The maximum absolute atomic E-state index is 13.8. The Morgan fingerprint density at radius 2 is 1.73 bits per heavy atom. The lowest BCUT2D eigenvalue weighted by atomic mass is 10.0. The van der Waals surface area contributed by atoms with Crippen molar-refractivity contribution in [2.24, 2.45) is 0 Å². The molecule has 0 unspecified atom stereocenters. The minimum atomic E-state index is -3.68. The first-order valence-corrected chi connectivity index (χ1v) is 10.2. The molecule has 1 atom stereocenters. The zero-order chi connectivity index (χ0) is 19.2. The number of amides is 1. The van der Waals surface area contributed by atoms with Crippen molar-refractivity contribution in [3.8, 4) is 0 Å². The average Bonchev–Trinajstić information content (AvgIpc) is 2.61. The van der Waals surface area contributed by atoms with Crippen LogP contribution in [0.3, 0.4) is 0 Å². The molecule has 2 rings (SSSR count). The van der Waals surface area contributed by atoms with Gasteiger partial charge in [-0.2, -0.15) is 4.31 Å². The van der Waals surface area contributed by atoms with Gasteiger partial charge >= 0.3 is 0 Å². The summed E-state index contributed by atoms with van der Waals surface area (Å²) >= 11 is 0. The van der Waals surface area contributed by atoms with Crippen LogP contribution < -0.4 is 5.32 Å². The van der Waals surface area contributed by atoms with Gasteiger partial charge in [-0.3, -0.25) is 4.79 Å². The van der Waals surface area contributed by atoms with Crippen molar-refractivity contribution in [1.29, 1.82) is 0 Å². The predicted molar refractivity (Wildman–Crippen MR) is 99.3 cm³/mol. The predicted octanol–water partition coefficient (Wildman–Crippen LogP) is 2.85. The van der Waals surface area contributed by atoms with Gasteiger partial charge in [-0.1, -0.05) is 55.5 Å². The molecular formula is C19H23FN2O3S. The van der Waals surface area contributed by atoms with Crippen molar-refractivity contribution >= 4 is 15.9 Å². The molecule has 140 valence electrons. The molecule has 0 aliphatic heterocycles. The normalized spacial score (nSPS) is 12.8. The summed E-state index contributed by atoms with van der Waals surface area (Å²) in [6.45, 7) is 1.38. The molecule has 0 spiro atoms. The molecule has 2 aromatic rings. The summed E-state index contributed by atoms with van der Waals surface area (Å²) in [6.07, 6.45) is 1.68. The van der Waals surface area contributed by atoms with E-state index in [1.165, 1.54) is 18.2 Å². The molecule has 0 saturated heterocycles. The quantitative estimate of drug-likeness (QED) is 0.768. The molecule has 0 bridgehead atoms. The fraction of sp³-hybridized carbons (Fsp3) is 0.316. The fourth-order valence-corrected chi connectivity index (χ4v) is 3.34. The number of carbonyl (C=O) groups is 1. The van der Waals surface area contributed by atoms with Crippen LogP contribution >= 0.6 is 0 Å². The molecule has 5 nitrogen and oxygen atoms in total. The third-order valence-electron chi connectivity index (χ3n) is 4.04. The second-order valence-corrected chi connectivity index (χ2v) is 8.04. The number of nitrogens with one attached hydrogen (secondary N) is 1. The van der Waals surface area contributed by atoms with E-state index in [-0.39, 0.29) is 24.7 Å². The van der Waals surface area contributed by atoms with E-state index in [0.717, 1.165) is 16.1 Å². The van der Waals surface area contributed by atoms with E-state index in [9.17, 15) is 17.6 Å². The van der Waals surface area contributed by atoms with Crippen LogP contribution in [0.15, 0.2) is 54.6 Å². The van der Waals surface area contributed by atoms with E-state index in [2.05, 4.69) is 5.32 Å². The molecule has 2 aromatic carbocycles. The number of rotatable bonds is 8. The van der Waals surface area contributed by atoms with Crippen molar-refractivity contribution in [1.82, 2.24) is 9.62 Å². The van der Waals surface area contributed by atoms with E-state index >= 15 is 0 Å². The topological polar surface area (TPSA) is 66.5 Å². The van der Waals surface area contributed by atoms with Crippen LogP contribution in [0.4, 0.5) is 4.39 Å². The van der Waals surface area contributed by atoms with E-state index in [1.807, 2.05) is 37.3 Å². The third-order valence-corrected chi connectivity index (χ3v) is 5.24. The highest BCUT2D eigenvalue weighted by Gasteiger charge is 2.23. The summed E-state index contributed by atoms with van der Waals surface area (Å²) in [6, 6.07) is 15.2. The first kappa shape index (κ1) is 20.1. The fourth-order valence-electron chi connectivity index (χ4n) is 2.61. The standard InChI is InChI=1S/C19H23FN2O3S/c1-3-18(15-9-5-4-6-10-15)21-19(23)14-22(26(2,24)25)13-16-11-7-8-12-17(16)20/h4-12,18H,3,13-14H2,1-2H3,(H,21,23)/t18-/m0/s1. The van der Waals surface area contributed by atoms with Gasteiger partial charge in [-0.25, -0.2) is 12.8 Å². The molecule has 7 heteroatoms. The Morgan fingerprint density at radius 1 is 1.12 bits per heavy atom. The molecule has 26 heavy (non-hydrogen) atoms. The van der Waals surface area contributed by atoms with Crippen LogP contribution in [0.2, 0.25) is 0 Å². The molecule has 0 saturated carbocycles. The molecule has 0 radical (unpaired) electrons. The first-order valence-electron chi connectivity index (χ1n) is 8.34. The van der Waals surface area contributed by atoms with E-state index < -0.39 is 21.7 Å². The SMILES string of the molecule is CC[C@H](NC(=O)CN(Cc1ccccc1F)S(C)(=O)=O)c1ccccc1.